The average molecular weight is 659 g/mol. The molecule has 3 aromatic rings. The van der Waals surface area contributed by atoms with Crippen molar-refractivity contribution in [3.05, 3.63) is 120 Å². The predicted octanol–water partition coefficient (Wildman–Crippen LogP) is 5.46. The van der Waals surface area contributed by atoms with Crippen LogP contribution in [0.25, 0.3) is 0 Å². The first kappa shape index (κ1) is 36.4. The van der Waals surface area contributed by atoms with Crippen LogP contribution in [0.1, 0.15) is 67.1 Å². The van der Waals surface area contributed by atoms with Gasteiger partial charge in [-0.3, -0.25) is 0 Å². The van der Waals surface area contributed by atoms with Gasteiger partial charge in [-0.15, -0.1) is 0 Å². The van der Waals surface area contributed by atoms with Gasteiger partial charge in [-0.05, 0) is 98.5 Å². The zero-order chi connectivity index (χ0) is 34.7. The van der Waals surface area contributed by atoms with E-state index in [1.165, 1.54) is 72.8 Å². The van der Waals surface area contributed by atoms with Gasteiger partial charge in [0, 0.05) is 12.2 Å². The third kappa shape index (κ3) is 12.4. The average Bonchev–Trinajstić information content (AvgIpc) is 3.11. The van der Waals surface area contributed by atoms with Crippen LogP contribution in [0.15, 0.2) is 98.1 Å². The second kappa shape index (κ2) is 19.5. The fourth-order valence-corrected chi connectivity index (χ4v) is 3.76. The van der Waals surface area contributed by atoms with Crippen molar-refractivity contribution in [3.8, 4) is 11.5 Å². The van der Waals surface area contributed by atoms with E-state index in [1.54, 1.807) is 0 Å². The van der Waals surface area contributed by atoms with Gasteiger partial charge in [-0.2, -0.15) is 0 Å². The SMILES string of the molecule is C=CC(=O)OCCCCOC(=O)c1ccc(C(=O)Oc2ccc(OC(=O)c3ccc(C(=O)OCCCCOC(=O)C=C)cc3)cc2)cc1. The second-order valence-corrected chi connectivity index (χ2v) is 9.83. The summed E-state index contributed by atoms with van der Waals surface area (Å²) in [6.07, 6.45) is 4.21. The highest BCUT2D eigenvalue weighted by Gasteiger charge is 2.14. The summed E-state index contributed by atoms with van der Waals surface area (Å²) >= 11 is 0. The molecule has 0 radical (unpaired) electrons. The van der Waals surface area contributed by atoms with Gasteiger partial charge < -0.3 is 28.4 Å². The lowest BCUT2D eigenvalue weighted by atomic mass is 10.1. The van der Waals surface area contributed by atoms with E-state index >= 15 is 0 Å². The Labute approximate surface area is 276 Å². The summed E-state index contributed by atoms with van der Waals surface area (Å²) < 4.78 is 30.8. The van der Waals surface area contributed by atoms with E-state index < -0.39 is 35.8 Å². The lowest BCUT2D eigenvalue weighted by Gasteiger charge is -2.08. The lowest BCUT2D eigenvalue weighted by Crippen LogP contribution is -2.11. The molecule has 0 spiro atoms. The maximum absolute atomic E-state index is 12.6. The molecule has 0 amide bonds. The Balaban J connectivity index is 1.40. The summed E-state index contributed by atoms with van der Waals surface area (Å²) in [5, 5.41) is 0. The van der Waals surface area contributed by atoms with E-state index in [0.29, 0.717) is 25.7 Å². The maximum Gasteiger partial charge on any atom is 0.343 e. The summed E-state index contributed by atoms with van der Waals surface area (Å²) in [4.78, 5) is 71.6. The Bertz CT molecular complexity index is 1470. The molecule has 48 heavy (non-hydrogen) atoms. The number of esters is 6. The first-order chi connectivity index (χ1) is 23.2. The number of ether oxygens (including phenoxy) is 6. The van der Waals surface area contributed by atoms with Gasteiger partial charge in [0.1, 0.15) is 11.5 Å². The Morgan fingerprint density at radius 2 is 0.688 bits per heavy atom. The van der Waals surface area contributed by atoms with Gasteiger partial charge in [0.2, 0.25) is 0 Å². The molecule has 0 aliphatic carbocycles. The minimum atomic E-state index is -0.665. The van der Waals surface area contributed by atoms with Crippen molar-refractivity contribution < 1.29 is 57.2 Å². The summed E-state index contributed by atoms with van der Waals surface area (Å²) in [6, 6.07) is 17.3. The molecule has 0 unspecified atom stereocenters. The number of carbonyl (C=O) groups excluding carboxylic acids is 6. The molecule has 0 bridgehead atoms. The van der Waals surface area contributed by atoms with Gasteiger partial charge in [-0.25, -0.2) is 28.8 Å². The normalized spacial score (nSPS) is 10.2. The topological polar surface area (TPSA) is 158 Å². The highest BCUT2D eigenvalue weighted by atomic mass is 16.6. The molecule has 0 fully saturated rings. The summed E-state index contributed by atoms with van der Waals surface area (Å²) in [5.41, 5.74) is 0.903. The second-order valence-electron chi connectivity index (χ2n) is 9.83. The highest BCUT2D eigenvalue weighted by molar-refractivity contribution is 5.95. The van der Waals surface area contributed by atoms with Crippen molar-refractivity contribution in [2.24, 2.45) is 0 Å². The highest BCUT2D eigenvalue weighted by Crippen LogP contribution is 2.20. The number of unbranched alkanes of at least 4 members (excludes halogenated alkanes) is 2. The van der Waals surface area contributed by atoms with Gasteiger partial charge in [0.25, 0.3) is 0 Å². The van der Waals surface area contributed by atoms with Crippen molar-refractivity contribution >= 4 is 35.8 Å². The Morgan fingerprint density at radius 3 is 0.979 bits per heavy atom. The van der Waals surface area contributed by atoms with E-state index in [9.17, 15) is 28.8 Å². The molecule has 3 aromatic carbocycles. The van der Waals surface area contributed by atoms with E-state index in [1.807, 2.05) is 0 Å². The monoisotopic (exact) mass is 658 g/mol. The van der Waals surface area contributed by atoms with E-state index in [0.717, 1.165) is 12.2 Å². The van der Waals surface area contributed by atoms with Crippen LogP contribution in [0.4, 0.5) is 0 Å². The Hall–Kier alpha value is -6.04. The van der Waals surface area contributed by atoms with E-state index in [-0.39, 0.29) is 60.2 Å². The first-order valence-corrected chi connectivity index (χ1v) is 14.9. The number of hydrogen-bond acceptors (Lipinski definition) is 12. The van der Waals surface area contributed by atoms with Crippen LogP contribution in [-0.4, -0.2) is 62.2 Å². The fraction of sp³-hybridized carbons (Fsp3) is 0.222. The van der Waals surface area contributed by atoms with Crippen molar-refractivity contribution in [2.75, 3.05) is 26.4 Å². The molecule has 0 heterocycles. The number of hydrogen-bond donors (Lipinski definition) is 0. The molecule has 12 nitrogen and oxygen atoms in total. The minimum absolute atomic E-state index is 0.142. The van der Waals surface area contributed by atoms with Crippen LogP contribution in [0, 0.1) is 0 Å². The number of benzene rings is 3. The summed E-state index contributed by atoms with van der Waals surface area (Å²) in [7, 11) is 0. The third-order valence-corrected chi connectivity index (χ3v) is 6.32. The van der Waals surface area contributed by atoms with E-state index in [2.05, 4.69) is 13.2 Å². The van der Waals surface area contributed by atoms with Crippen molar-refractivity contribution in [2.45, 2.75) is 25.7 Å². The van der Waals surface area contributed by atoms with Crippen LogP contribution >= 0.6 is 0 Å². The molecule has 0 saturated carbocycles. The van der Waals surface area contributed by atoms with Crippen LogP contribution in [0.3, 0.4) is 0 Å². The summed E-state index contributed by atoms with van der Waals surface area (Å²) in [5.74, 6) is -3.08. The van der Waals surface area contributed by atoms with Crippen LogP contribution in [-0.2, 0) is 28.5 Å². The van der Waals surface area contributed by atoms with Gasteiger partial charge in [0.05, 0.1) is 48.7 Å². The molecule has 0 aromatic heterocycles. The zero-order valence-electron chi connectivity index (χ0n) is 26.1. The number of rotatable bonds is 18. The fourth-order valence-electron chi connectivity index (χ4n) is 3.76. The van der Waals surface area contributed by atoms with Crippen LogP contribution in [0.5, 0.6) is 11.5 Å². The largest absolute Gasteiger partial charge is 0.463 e. The quantitative estimate of drug-likeness (QED) is 0.0560. The lowest BCUT2D eigenvalue weighted by molar-refractivity contribution is -0.138. The Kier molecular flexibility index (Phi) is 14.8. The third-order valence-electron chi connectivity index (χ3n) is 6.32. The van der Waals surface area contributed by atoms with Crippen molar-refractivity contribution in [1.29, 1.82) is 0 Å². The van der Waals surface area contributed by atoms with Crippen molar-refractivity contribution in [1.82, 2.24) is 0 Å². The van der Waals surface area contributed by atoms with E-state index in [4.69, 9.17) is 28.4 Å². The maximum atomic E-state index is 12.6. The number of carbonyl (C=O) groups is 6. The molecular formula is C36H34O12. The molecule has 0 N–H and O–H groups in total. The van der Waals surface area contributed by atoms with Gasteiger partial charge in [-0.1, -0.05) is 13.2 Å². The standard InChI is InChI=1S/C36H34O12/c1-3-31(37)43-21-5-7-23-45-33(39)25-9-13-27(14-10-25)35(41)47-29-17-19-30(20-18-29)48-36(42)28-15-11-26(12-16-28)34(40)46-24-8-6-22-44-32(38)4-2/h3-4,9-20H,1-2,5-8,21-24H2. The molecule has 250 valence electrons. The predicted molar refractivity (Wildman–Crippen MR) is 171 cm³/mol. The van der Waals surface area contributed by atoms with Crippen molar-refractivity contribution in [3.63, 3.8) is 0 Å². The molecular weight excluding hydrogens is 624 g/mol. The van der Waals surface area contributed by atoms with Crippen LogP contribution < -0.4 is 9.47 Å². The van der Waals surface area contributed by atoms with Gasteiger partial charge >= 0.3 is 35.8 Å². The molecule has 12 heteroatoms. The molecule has 0 aliphatic heterocycles. The molecule has 3 rings (SSSR count). The Morgan fingerprint density at radius 1 is 0.417 bits per heavy atom. The van der Waals surface area contributed by atoms with Gasteiger partial charge in [0.15, 0.2) is 0 Å². The zero-order valence-corrected chi connectivity index (χ0v) is 26.1. The van der Waals surface area contributed by atoms with Crippen LogP contribution in [0.2, 0.25) is 0 Å². The first-order valence-electron chi connectivity index (χ1n) is 14.9. The molecule has 0 atom stereocenters. The molecule has 0 aliphatic rings. The summed E-state index contributed by atoms with van der Waals surface area (Å²) in [6.45, 7) is 7.29. The molecule has 0 saturated heterocycles. The minimum Gasteiger partial charge on any atom is -0.463 e. The smallest absolute Gasteiger partial charge is 0.343 e.